The number of benzene rings is 2. The molecular formula is C24H31N3O3. The van der Waals surface area contributed by atoms with E-state index >= 15 is 0 Å². The van der Waals surface area contributed by atoms with Crippen molar-refractivity contribution in [3.63, 3.8) is 0 Å². The Kier molecular flexibility index (Phi) is 8.16. The summed E-state index contributed by atoms with van der Waals surface area (Å²) in [6.07, 6.45) is 0. The highest BCUT2D eigenvalue weighted by molar-refractivity contribution is 6.02. The average Bonchev–Trinajstić information content (AvgIpc) is 2.72. The monoisotopic (exact) mass is 409 g/mol. The molecule has 2 aromatic carbocycles. The van der Waals surface area contributed by atoms with Crippen molar-refractivity contribution in [1.82, 2.24) is 10.2 Å². The van der Waals surface area contributed by atoms with Gasteiger partial charge < -0.3 is 15.5 Å². The average molecular weight is 410 g/mol. The molecule has 0 saturated carbocycles. The zero-order valence-corrected chi connectivity index (χ0v) is 18.4. The summed E-state index contributed by atoms with van der Waals surface area (Å²) in [5.74, 6) is -0.806. The molecule has 0 aliphatic heterocycles. The molecule has 160 valence electrons. The molecule has 0 spiro atoms. The van der Waals surface area contributed by atoms with Crippen LogP contribution in [0.1, 0.15) is 54.0 Å². The Hall–Kier alpha value is -3.15. The summed E-state index contributed by atoms with van der Waals surface area (Å²) in [6, 6.07) is 13.4. The molecule has 0 aliphatic rings. The Balaban J connectivity index is 2.14. The first-order valence-corrected chi connectivity index (χ1v) is 10.3. The van der Waals surface area contributed by atoms with Gasteiger partial charge >= 0.3 is 0 Å². The SMILES string of the molecule is CCN(CC)C(=O)c1cccc(NC(=O)C(NC(=O)c2cccc(C)c2)C(C)C)c1. The minimum Gasteiger partial charge on any atom is -0.340 e. The van der Waals surface area contributed by atoms with Crippen molar-refractivity contribution in [1.29, 1.82) is 0 Å². The van der Waals surface area contributed by atoms with Crippen molar-refractivity contribution in [2.75, 3.05) is 18.4 Å². The van der Waals surface area contributed by atoms with Gasteiger partial charge in [0.15, 0.2) is 0 Å². The predicted octanol–water partition coefficient (Wildman–Crippen LogP) is 3.87. The van der Waals surface area contributed by atoms with Gasteiger partial charge in [-0.25, -0.2) is 0 Å². The summed E-state index contributed by atoms with van der Waals surface area (Å²) in [7, 11) is 0. The Morgan fingerprint density at radius 3 is 2.17 bits per heavy atom. The van der Waals surface area contributed by atoms with Crippen LogP contribution < -0.4 is 10.6 Å². The van der Waals surface area contributed by atoms with Crippen LogP contribution in [0.25, 0.3) is 0 Å². The van der Waals surface area contributed by atoms with E-state index in [2.05, 4.69) is 10.6 Å². The van der Waals surface area contributed by atoms with Crippen molar-refractivity contribution in [3.05, 3.63) is 65.2 Å². The summed E-state index contributed by atoms with van der Waals surface area (Å²) in [4.78, 5) is 39.8. The van der Waals surface area contributed by atoms with Gasteiger partial charge in [0.1, 0.15) is 6.04 Å². The topological polar surface area (TPSA) is 78.5 Å². The van der Waals surface area contributed by atoms with E-state index in [9.17, 15) is 14.4 Å². The van der Waals surface area contributed by atoms with E-state index in [4.69, 9.17) is 0 Å². The molecule has 0 saturated heterocycles. The molecule has 6 nitrogen and oxygen atoms in total. The quantitative estimate of drug-likeness (QED) is 0.695. The van der Waals surface area contributed by atoms with Gasteiger partial charge in [0, 0.05) is 29.9 Å². The lowest BCUT2D eigenvalue weighted by molar-refractivity contribution is -0.118. The summed E-state index contributed by atoms with van der Waals surface area (Å²) >= 11 is 0. The van der Waals surface area contributed by atoms with E-state index < -0.39 is 6.04 Å². The third-order valence-electron chi connectivity index (χ3n) is 4.94. The molecule has 0 bridgehead atoms. The molecule has 0 heterocycles. The Labute approximate surface area is 178 Å². The summed E-state index contributed by atoms with van der Waals surface area (Å²) < 4.78 is 0. The third-order valence-corrected chi connectivity index (χ3v) is 4.94. The van der Waals surface area contributed by atoms with Gasteiger partial charge in [-0.2, -0.15) is 0 Å². The van der Waals surface area contributed by atoms with Crippen LogP contribution in [0.2, 0.25) is 0 Å². The van der Waals surface area contributed by atoms with Gasteiger partial charge in [-0.1, -0.05) is 37.6 Å². The summed E-state index contributed by atoms with van der Waals surface area (Å²) in [5.41, 5.74) is 2.53. The van der Waals surface area contributed by atoms with Crippen LogP contribution in [0.15, 0.2) is 48.5 Å². The molecule has 1 unspecified atom stereocenters. The molecule has 0 aromatic heterocycles. The van der Waals surface area contributed by atoms with E-state index in [1.165, 1.54) is 0 Å². The molecule has 6 heteroatoms. The minimum atomic E-state index is -0.708. The second-order valence-electron chi connectivity index (χ2n) is 7.61. The van der Waals surface area contributed by atoms with Gasteiger partial charge in [-0.15, -0.1) is 0 Å². The van der Waals surface area contributed by atoms with Crippen molar-refractivity contribution in [2.45, 2.75) is 40.7 Å². The first-order chi connectivity index (χ1) is 14.3. The smallest absolute Gasteiger partial charge is 0.253 e. The molecule has 0 fully saturated rings. The van der Waals surface area contributed by atoms with E-state index in [0.29, 0.717) is 29.9 Å². The van der Waals surface area contributed by atoms with Gasteiger partial charge in [0.2, 0.25) is 5.91 Å². The Bertz CT molecular complexity index is 904. The second kappa shape index (κ2) is 10.6. The van der Waals surface area contributed by atoms with Crippen LogP contribution in [0.4, 0.5) is 5.69 Å². The van der Waals surface area contributed by atoms with Crippen molar-refractivity contribution in [3.8, 4) is 0 Å². The highest BCUT2D eigenvalue weighted by atomic mass is 16.2. The zero-order valence-electron chi connectivity index (χ0n) is 18.4. The summed E-state index contributed by atoms with van der Waals surface area (Å²) in [6.45, 7) is 10.8. The minimum absolute atomic E-state index is 0.0794. The standard InChI is InChI=1S/C24H31N3O3/c1-6-27(7-2)24(30)19-12-9-13-20(15-19)25-23(29)21(16(3)4)26-22(28)18-11-8-10-17(5)14-18/h8-16,21H,6-7H2,1-5H3,(H,25,29)(H,26,28). The second-order valence-corrected chi connectivity index (χ2v) is 7.61. The predicted molar refractivity (Wildman–Crippen MR) is 120 cm³/mol. The normalized spacial score (nSPS) is 11.7. The van der Waals surface area contributed by atoms with Crippen molar-refractivity contribution >= 4 is 23.4 Å². The molecular weight excluding hydrogens is 378 g/mol. The van der Waals surface area contributed by atoms with Gasteiger partial charge in [-0.05, 0) is 57.0 Å². The lowest BCUT2D eigenvalue weighted by Crippen LogP contribution is -2.47. The fraction of sp³-hybridized carbons (Fsp3) is 0.375. The molecule has 3 amide bonds. The number of hydrogen-bond acceptors (Lipinski definition) is 3. The number of rotatable bonds is 8. The molecule has 2 aromatic rings. The first kappa shape index (κ1) is 23.1. The lowest BCUT2D eigenvalue weighted by atomic mass is 10.0. The number of carbonyl (C=O) groups excluding carboxylic acids is 3. The van der Waals surface area contributed by atoms with E-state index in [0.717, 1.165) is 5.56 Å². The zero-order chi connectivity index (χ0) is 22.3. The van der Waals surface area contributed by atoms with Crippen LogP contribution in [0.5, 0.6) is 0 Å². The summed E-state index contributed by atoms with van der Waals surface area (Å²) in [5, 5.41) is 5.67. The van der Waals surface area contributed by atoms with E-state index in [-0.39, 0.29) is 23.6 Å². The maximum atomic E-state index is 12.9. The Morgan fingerprint density at radius 1 is 0.933 bits per heavy atom. The van der Waals surface area contributed by atoms with E-state index in [1.807, 2.05) is 46.8 Å². The van der Waals surface area contributed by atoms with Crippen LogP contribution in [0.3, 0.4) is 0 Å². The number of aryl methyl sites for hydroxylation is 1. The highest BCUT2D eigenvalue weighted by Crippen LogP contribution is 2.15. The van der Waals surface area contributed by atoms with Crippen LogP contribution in [0, 0.1) is 12.8 Å². The van der Waals surface area contributed by atoms with E-state index in [1.54, 1.807) is 41.3 Å². The maximum Gasteiger partial charge on any atom is 0.253 e. The fourth-order valence-corrected chi connectivity index (χ4v) is 3.19. The first-order valence-electron chi connectivity index (χ1n) is 10.3. The molecule has 0 radical (unpaired) electrons. The maximum absolute atomic E-state index is 12.9. The number of nitrogens with one attached hydrogen (secondary N) is 2. The molecule has 2 rings (SSSR count). The number of nitrogens with zero attached hydrogens (tertiary/aromatic N) is 1. The molecule has 2 N–H and O–H groups in total. The van der Waals surface area contributed by atoms with Gasteiger partial charge in [-0.3, -0.25) is 14.4 Å². The Morgan fingerprint density at radius 2 is 1.57 bits per heavy atom. The van der Waals surface area contributed by atoms with Crippen LogP contribution in [-0.4, -0.2) is 41.8 Å². The van der Waals surface area contributed by atoms with Gasteiger partial charge in [0.25, 0.3) is 11.8 Å². The third kappa shape index (κ3) is 5.92. The van der Waals surface area contributed by atoms with Crippen LogP contribution in [-0.2, 0) is 4.79 Å². The number of hydrogen-bond donors (Lipinski definition) is 2. The molecule has 1 atom stereocenters. The molecule has 30 heavy (non-hydrogen) atoms. The number of carbonyl (C=O) groups is 3. The highest BCUT2D eigenvalue weighted by Gasteiger charge is 2.25. The largest absolute Gasteiger partial charge is 0.340 e. The van der Waals surface area contributed by atoms with Gasteiger partial charge in [0.05, 0.1) is 0 Å². The molecule has 0 aliphatic carbocycles. The number of amides is 3. The fourth-order valence-electron chi connectivity index (χ4n) is 3.19. The number of anilines is 1. The van der Waals surface area contributed by atoms with Crippen molar-refractivity contribution < 1.29 is 14.4 Å². The van der Waals surface area contributed by atoms with Crippen molar-refractivity contribution in [2.24, 2.45) is 5.92 Å². The lowest BCUT2D eigenvalue weighted by Gasteiger charge is -2.22. The van der Waals surface area contributed by atoms with Crippen LogP contribution >= 0.6 is 0 Å².